The third-order valence-electron chi connectivity index (χ3n) is 2.80. The number of halogens is 1. The van der Waals surface area contributed by atoms with Crippen LogP contribution in [0.5, 0.6) is 0 Å². The number of nitrogens with one attached hydrogen (secondary N) is 1. The Balaban J connectivity index is 2.20. The topological polar surface area (TPSA) is 67.8 Å². The van der Waals surface area contributed by atoms with Crippen LogP contribution in [0.3, 0.4) is 0 Å². The zero-order valence-electron chi connectivity index (χ0n) is 11.5. The number of carbonyl (C=O) groups is 1. The first kappa shape index (κ1) is 14.4. The Labute approximate surface area is 122 Å². The second-order valence-electron chi connectivity index (χ2n) is 4.73. The predicted octanol–water partition coefficient (Wildman–Crippen LogP) is 3.21. The van der Waals surface area contributed by atoms with Crippen LogP contribution in [0, 0.1) is 6.92 Å². The van der Waals surface area contributed by atoms with Crippen LogP contribution < -0.4 is 5.32 Å². The van der Waals surface area contributed by atoms with E-state index in [0.29, 0.717) is 17.1 Å². The summed E-state index contributed by atoms with van der Waals surface area (Å²) in [6.07, 6.45) is 4.61. The first-order valence-corrected chi connectivity index (χ1v) is 6.61. The molecule has 0 spiro atoms. The summed E-state index contributed by atoms with van der Waals surface area (Å²) in [5.41, 5.74) is 1.74. The van der Waals surface area contributed by atoms with Crippen molar-refractivity contribution in [1.29, 1.82) is 0 Å². The van der Waals surface area contributed by atoms with E-state index in [9.17, 15) is 4.79 Å². The molecule has 2 aromatic rings. The van der Waals surface area contributed by atoms with Crippen LogP contribution in [0.2, 0.25) is 5.15 Å². The molecule has 0 unspecified atom stereocenters. The quantitative estimate of drug-likeness (QED) is 0.881. The fraction of sp³-hybridized carbons (Fsp3) is 0.286. The lowest BCUT2D eigenvalue weighted by molar-refractivity contribution is 0.102. The second-order valence-corrected chi connectivity index (χ2v) is 5.09. The number of rotatable bonds is 3. The van der Waals surface area contributed by atoms with Gasteiger partial charge in [-0.25, -0.2) is 15.0 Å². The van der Waals surface area contributed by atoms with Gasteiger partial charge < -0.3 is 5.32 Å². The minimum atomic E-state index is -0.307. The molecular weight excluding hydrogens is 276 g/mol. The Kier molecular flexibility index (Phi) is 4.29. The zero-order valence-corrected chi connectivity index (χ0v) is 12.3. The smallest absolute Gasteiger partial charge is 0.258 e. The highest BCUT2D eigenvalue weighted by Crippen LogP contribution is 2.23. The first-order chi connectivity index (χ1) is 9.49. The monoisotopic (exact) mass is 290 g/mol. The average molecular weight is 291 g/mol. The number of hydrogen-bond acceptors (Lipinski definition) is 4. The minimum absolute atomic E-state index is 0.224. The fourth-order valence-corrected chi connectivity index (χ4v) is 1.87. The van der Waals surface area contributed by atoms with E-state index in [1.54, 1.807) is 12.3 Å². The predicted molar refractivity (Wildman–Crippen MR) is 78.1 cm³/mol. The number of aromatic nitrogens is 3. The number of anilines is 1. The standard InChI is InChI=1S/C14H15ClN4O/c1-8(2)13-17-6-10(7-18-13)14(20)19-11-9(3)4-5-16-12(11)15/h4-8H,1-3H3,(H,19,20). The molecule has 0 aliphatic carbocycles. The second kappa shape index (κ2) is 5.96. The van der Waals surface area contributed by atoms with E-state index in [-0.39, 0.29) is 17.0 Å². The summed E-state index contributed by atoms with van der Waals surface area (Å²) in [4.78, 5) is 24.4. The molecule has 0 bridgehead atoms. The Morgan fingerprint density at radius 1 is 1.25 bits per heavy atom. The third-order valence-corrected chi connectivity index (χ3v) is 3.09. The molecule has 1 amide bonds. The number of carbonyl (C=O) groups excluding carboxylic acids is 1. The number of amides is 1. The third kappa shape index (κ3) is 3.11. The maximum atomic E-state index is 12.1. The van der Waals surface area contributed by atoms with E-state index in [0.717, 1.165) is 5.56 Å². The van der Waals surface area contributed by atoms with Crippen molar-refractivity contribution in [2.75, 3.05) is 5.32 Å². The maximum Gasteiger partial charge on any atom is 0.258 e. The molecule has 0 saturated heterocycles. The van der Waals surface area contributed by atoms with E-state index >= 15 is 0 Å². The highest BCUT2D eigenvalue weighted by molar-refractivity contribution is 6.32. The Bertz CT molecular complexity index is 605. The highest BCUT2D eigenvalue weighted by Gasteiger charge is 2.12. The SMILES string of the molecule is Cc1ccnc(Cl)c1NC(=O)c1cnc(C(C)C)nc1. The van der Waals surface area contributed by atoms with Crippen LogP contribution in [0.4, 0.5) is 5.69 Å². The number of nitrogens with zero attached hydrogens (tertiary/aromatic N) is 3. The van der Waals surface area contributed by atoms with Crippen molar-refractivity contribution < 1.29 is 4.79 Å². The lowest BCUT2D eigenvalue weighted by Gasteiger charge is -2.09. The van der Waals surface area contributed by atoms with Crippen LogP contribution in [0.1, 0.15) is 41.5 Å². The summed E-state index contributed by atoms with van der Waals surface area (Å²) in [5.74, 6) is 0.623. The molecule has 2 heterocycles. The van der Waals surface area contributed by atoms with Gasteiger partial charge in [-0.3, -0.25) is 4.79 Å². The molecule has 0 saturated carbocycles. The van der Waals surface area contributed by atoms with E-state index in [1.165, 1.54) is 12.4 Å². The number of pyridine rings is 1. The summed E-state index contributed by atoms with van der Waals surface area (Å²) in [5, 5.41) is 2.99. The molecule has 1 N–H and O–H groups in total. The average Bonchev–Trinajstić information content (AvgIpc) is 2.43. The minimum Gasteiger partial charge on any atom is -0.319 e. The van der Waals surface area contributed by atoms with Crippen LogP contribution in [0.15, 0.2) is 24.7 Å². The van der Waals surface area contributed by atoms with E-state index in [1.807, 2.05) is 20.8 Å². The molecular formula is C14H15ClN4O. The largest absolute Gasteiger partial charge is 0.319 e. The van der Waals surface area contributed by atoms with Crippen molar-refractivity contribution in [1.82, 2.24) is 15.0 Å². The normalized spacial score (nSPS) is 10.7. The van der Waals surface area contributed by atoms with Crippen molar-refractivity contribution in [2.45, 2.75) is 26.7 Å². The molecule has 20 heavy (non-hydrogen) atoms. The summed E-state index contributed by atoms with van der Waals surface area (Å²) < 4.78 is 0. The molecule has 0 fully saturated rings. The molecule has 0 aliphatic heterocycles. The maximum absolute atomic E-state index is 12.1. The van der Waals surface area contributed by atoms with Crippen molar-refractivity contribution in [3.8, 4) is 0 Å². The van der Waals surface area contributed by atoms with Crippen LogP contribution in [-0.2, 0) is 0 Å². The summed E-state index contributed by atoms with van der Waals surface area (Å²) in [6.45, 7) is 5.84. The summed E-state index contributed by atoms with van der Waals surface area (Å²) in [6, 6.07) is 1.78. The lowest BCUT2D eigenvalue weighted by Crippen LogP contribution is -2.15. The molecule has 2 rings (SSSR count). The van der Waals surface area contributed by atoms with Gasteiger partial charge in [-0.1, -0.05) is 25.4 Å². The molecule has 0 aliphatic rings. The van der Waals surface area contributed by atoms with Gasteiger partial charge in [0.15, 0.2) is 5.15 Å². The van der Waals surface area contributed by atoms with Crippen molar-refractivity contribution in [3.05, 3.63) is 46.8 Å². The molecule has 2 aromatic heterocycles. The van der Waals surface area contributed by atoms with Crippen molar-refractivity contribution >= 4 is 23.2 Å². The number of aryl methyl sites for hydroxylation is 1. The first-order valence-electron chi connectivity index (χ1n) is 6.23. The van der Waals surface area contributed by atoms with Gasteiger partial charge in [0.1, 0.15) is 5.82 Å². The van der Waals surface area contributed by atoms with Crippen LogP contribution in [0.25, 0.3) is 0 Å². The molecule has 6 heteroatoms. The lowest BCUT2D eigenvalue weighted by atomic mass is 10.2. The van der Waals surface area contributed by atoms with E-state index < -0.39 is 0 Å². The van der Waals surface area contributed by atoms with Gasteiger partial charge in [-0.15, -0.1) is 0 Å². The molecule has 0 atom stereocenters. The van der Waals surface area contributed by atoms with Gasteiger partial charge in [-0.05, 0) is 18.6 Å². The summed E-state index contributed by atoms with van der Waals surface area (Å²) >= 11 is 5.97. The number of hydrogen-bond donors (Lipinski definition) is 1. The highest BCUT2D eigenvalue weighted by atomic mass is 35.5. The van der Waals surface area contributed by atoms with Gasteiger partial charge >= 0.3 is 0 Å². The van der Waals surface area contributed by atoms with Crippen molar-refractivity contribution in [3.63, 3.8) is 0 Å². The Morgan fingerprint density at radius 2 is 1.90 bits per heavy atom. The molecule has 0 aromatic carbocycles. The van der Waals surface area contributed by atoms with Gasteiger partial charge in [0.25, 0.3) is 5.91 Å². The molecule has 5 nitrogen and oxygen atoms in total. The van der Waals surface area contributed by atoms with Gasteiger partial charge in [0.2, 0.25) is 0 Å². The Hall–Kier alpha value is -2.01. The molecule has 104 valence electrons. The van der Waals surface area contributed by atoms with Gasteiger partial charge in [0.05, 0.1) is 11.3 Å². The Morgan fingerprint density at radius 3 is 2.45 bits per heavy atom. The van der Waals surface area contributed by atoms with E-state index in [2.05, 4.69) is 20.3 Å². The fourth-order valence-electron chi connectivity index (χ4n) is 1.61. The molecule has 0 radical (unpaired) electrons. The zero-order chi connectivity index (χ0) is 14.7. The summed E-state index contributed by atoms with van der Waals surface area (Å²) in [7, 11) is 0. The van der Waals surface area contributed by atoms with Crippen LogP contribution in [-0.4, -0.2) is 20.9 Å². The van der Waals surface area contributed by atoms with Gasteiger partial charge in [-0.2, -0.15) is 0 Å². The van der Waals surface area contributed by atoms with Gasteiger partial charge in [0, 0.05) is 24.5 Å². The van der Waals surface area contributed by atoms with E-state index in [4.69, 9.17) is 11.6 Å². The van der Waals surface area contributed by atoms with Crippen LogP contribution >= 0.6 is 11.6 Å². The van der Waals surface area contributed by atoms with Crippen molar-refractivity contribution in [2.24, 2.45) is 0 Å².